The number of rotatable bonds is 12. The van der Waals surface area contributed by atoms with Crippen LogP contribution in [0.25, 0.3) is 11.1 Å². The number of carbonyl (C=O) groups is 1. The average Bonchev–Trinajstić information content (AvgIpc) is 3.05. The van der Waals surface area contributed by atoms with E-state index in [0.29, 0.717) is 13.2 Å². The van der Waals surface area contributed by atoms with E-state index in [4.69, 9.17) is 9.47 Å². The molecule has 1 aliphatic carbocycles. The molecule has 0 amide bonds. The minimum Gasteiger partial charge on any atom is -0.488 e. The summed E-state index contributed by atoms with van der Waals surface area (Å²) in [4.78, 5) is 16.0. The van der Waals surface area contributed by atoms with Crippen molar-refractivity contribution in [3.63, 3.8) is 0 Å². The molecule has 3 rings (SSSR count). The van der Waals surface area contributed by atoms with E-state index in [2.05, 4.69) is 27.7 Å². The topological polar surface area (TPSA) is 44.4 Å². The van der Waals surface area contributed by atoms with E-state index in [-0.39, 0.29) is 5.78 Å². The minimum atomic E-state index is 0.0552. The molecule has 2 N–H and O–H groups in total. The van der Waals surface area contributed by atoms with Gasteiger partial charge in [0.2, 0.25) is 0 Å². The zero-order chi connectivity index (χ0) is 21.5. The number of hydrogen-bond donors (Lipinski definition) is 2. The quantitative estimate of drug-likeness (QED) is 0.474. The van der Waals surface area contributed by atoms with Crippen molar-refractivity contribution in [3.8, 4) is 22.6 Å². The Morgan fingerprint density at radius 2 is 1.03 bits per heavy atom. The molecule has 0 fully saturated rings. The summed E-state index contributed by atoms with van der Waals surface area (Å²) in [6.45, 7) is 16.4. The van der Waals surface area contributed by atoms with Crippen molar-refractivity contribution in [2.45, 2.75) is 27.7 Å². The van der Waals surface area contributed by atoms with Gasteiger partial charge in [0.15, 0.2) is 5.78 Å². The van der Waals surface area contributed by atoms with Crippen LogP contribution < -0.4 is 19.3 Å². The van der Waals surface area contributed by atoms with E-state index in [9.17, 15) is 4.79 Å². The van der Waals surface area contributed by atoms with Gasteiger partial charge in [-0.2, -0.15) is 0 Å². The Bertz CT molecular complexity index is 788. The van der Waals surface area contributed by atoms with Crippen LogP contribution in [0.15, 0.2) is 36.4 Å². The summed E-state index contributed by atoms with van der Waals surface area (Å²) < 4.78 is 11.9. The van der Waals surface area contributed by atoms with Gasteiger partial charge in [0.1, 0.15) is 37.8 Å². The number of likely N-dealkylation sites (N-methyl/N-ethyl adjacent to an activating group) is 2. The number of nitrogens with one attached hydrogen (secondary N) is 2. The van der Waals surface area contributed by atoms with Gasteiger partial charge in [-0.25, -0.2) is 0 Å². The Morgan fingerprint density at radius 3 is 1.40 bits per heavy atom. The monoisotopic (exact) mass is 412 g/mol. The molecule has 0 spiro atoms. The molecule has 0 saturated carbocycles. The number of benzene rings is 2. The molecule has 2 aromatic rings. The Kier molecular flexibility index (Phi) is 7.88. The van der Waals surface area contributed by atoms with E-state index in [1.807, 2.05) is 36.4 Å². The fourth-order valence-corrected chi connectivity index (χ4v) is 4.05. The number of ketones is 1. The fraction of sp³-hybridized carbons (Fsp3) is 0.480. The van der Waals surface area contributed by atoms with Crippen LogP contribution in [0.3, 0.4) is 0 Å². The molecule has 0 unspecified atom stereocenters. The molecule has 0 heterocycles. The lowest BCUT2D eigenvalue weighted by Crippen LogP contribution is -3.12. The maximum absolute atomic E-state index is 13.0. The maximum atomic E-state index is 13.0. The summed E-state index contributed by atoms with van der Waals surface area (Å²) in [5.74, 6) is 1.58. The van der Waals surface area contributed by atoms with Gasteiger partial charge >= 0.3 is 0 Å². The molecule has 162 valence electrons. The molecule has 30 heavy (non-hydrogen) atoms. The van der Waals surface area contributed by atoms with Gasteiger partial charge in [0, 0.05) is 11.1 Å². The number of fused-ring (bicyclic) bond motifs is 3. The first-order chi connectivity index (χ1) is 14.6. The highest BCUT2D eigenvalue weighted by Crippen LogP contribution is 2.39. The second-order valence-electron chi connectivity index (χ2n) is 7.86. The standard InChI is InChI=1S/C25H34N2O3/c1-5-26(6-2)13-15-29-19-9-11-21-22-12-10-20(30-16-14-27(7-3)8-4)18-24(22)25(28)23(21)17-19/h9-12,17-18H,5-8,13-16H2,1-4H3/p+2. The van der Waals surface area contributed by atoms with Gasteiger partial charge in [-0.1, -0.05) is 0 Å². The molecular formula is C25H36N2O3+2. The minimum absolute atomic E-state index is 0.0552. The number of quaternary nitrogens is 2. The molecule has 0 bridgehead atoms. The summed E-state index contributed by atoms with van der Waals surface area (Å²) >= 11 is 0. The van der Waals surface area contributed by atoms with E-state index in [0.717, 1.165) is 73.0 Å². The predicted octanol–water partition coefficient (Wildman–Crippen LogP) is 1.51. The van der Waals surface area contributed by atoms with Gasteiger partial charge in [-0.05, 0) is 75.2 Å². The van der Waals surface area contributed by atoms with Crippen LogP contribution in [-0.2, 0) is 0 Å². The molecular weight excluding hydrogens is 376 g/mol. The van der Waals surface area contributed by atoms with Crippen LogP contribution in [0, 0.1) is 0 Å². The van der Waals surface area contributed by atoms with Crippen LogP contribution in [0.2, 0.25) is 0 Å². The van der Waals surface area contributed by atoms with Gasteiger partial charge in [-0.3, -0.25) is 4.79 Å². The summed E-state index contributed by atoms with van der Waals surface area (Å²) in [6.07, 6.45) is 0. The van der Waals surface area contributed by atoms with E-state index in [1.54, 1.807) is 0 Å². The highest BCUT2D eigenvalue weighted by atomic mass is 16.5. The van der Waals surface area contributed by atoms with Crippen LogP contribution in [-0.4, -0.2) is 58.3 Å². The first kappa shape index (κ1) is 22.3. The van der Waals surface area contributed by atoms with E-state index < -0.39 is 0 Å². The average molecular weight is 413 g/mol. The van der Waals surface area contributed by atoms with Crippen LogP contribution in [0.4, 0.5) is 0 Å². The van der Waals surface area contributed by atoms with Crippen molar-refractivity contribution in [1.29, 1.82) is 0 Å². The second kappa shape index (κ2) is 10.6. The zero-order valence-electron chi connectivity index (χ0n) is 18.8. The van der Waals surface area contributed by atoms with Crippen LogP contribution in [0.1, 0.15) is 43.6 Å². The Labute approximate surface area is 180 Å². The summed E-state index contributed by atoms with van der Waals surface area (Å²) in [6, 6.07) is 11.7. The molecule has 0 aromatic heterocycles. The van der Waals surface area contributed by atoms with Gasteiger partial charge in [0.25, 0.3) is 0 Å². The van der Waals surface area contributed by atoms with E-state index in [1.165, 1.54) is 9.80 Å². The lowest BCUT2D eigenvalue weighted by Gasteiger charge is -2.15. The number of ether oxygens (including phenoxy) is 2. The Hall–Kier alpha value is -2.37. The third kappa shape index (κ3) is 5.02. The maximum Gasteiger partial charge on any atom is 0.194 e. The lowest BCUT2D eigenvalue weighted by atomic mass is 10.1. The molecule has 5 heteroatoms. The molecule has 0 saturated heterocycles. The SMILES string of the molecule is CC[NH+](CC)CCOc1ccc2c(c1)C(=O)c1cc(OCC[NH+](CC)CC)ccc1-2. The molecule has 0 aliphatic heterocycles. The van der Waals surface area contributed by atoms with Crippen LogP contribution >= 0.6 is 0 Å². The Balaban J connectivity index is 1.66. The largest absolute Gasteiger partial charge is 0.488 e. The van der Waals surface area contributed by atoms with Crippen molar-refractivity contribution in [2.75, 3.05) is 52.5 Å². The molecule has 0 atom stereocenters. The van der Waals surface area contributed by atoms with E-state index >= 15 is 0 Å². The number of hydrogen-bond acceptors (Lipinski definition) is 3. The summed E-state index contributed by atoms with van der Waals surface area (Å²) in [5, 5.41) is 0. The molecule has 2 aromatic carbocycles. The van der Waals surface area contributed by atoms with Crippen molar-refractivity contribution in [1.82, 2.24) is 0 Å². The third-order valence-corrected chi connectivity index (χ3v) is 6.21. The fourth-order valence-electron chi connectivity index (χ4n) is 4.05. The molecule has 5 nitrogen and oxygen atoms in total. The lowest BCUT2D eigenvalue weighted by molar-refractivity contribution is -0.896. The highest BCUT2D eigenvalue weighted by Gasteiger charge is 2.27. The summed E-state index contributed by atoms with van der Waals surface area (Å²) in [5.41, 5.74) is 3.41. The smallest absolute Gasteiger partial charge is 0.194 e. The first-order valence-electron chi connectivity index (χ1n) is 11.4. The third-order valence-electron chi connectivity index (χ3n) is 6.21. The van der Waals surface area contributed by atoms with Crippen molar-refractivity contribution < 1.29 is 24.1 Å². The Morgan fingerprint density at radius 1 is 0.633 bits per heavy atom. The summed E-state index contributed by atoms with van der Waals surface area (Å²) in [7, 11) is 0. The second-order valence-corrected chi connectivity index (χ2v) is 7.86. The highest BCUT2D eigenvalue weighted by molar-refractivity contribution is 6.22. The zero-order valence-corrected chi connectivity index (χ0v) is 18.8. The number of carbonyl (C=O) groups excluding carboxylic acids is 1. The molecule has 1 aliphatic rings. The first-order valence-corrected chi connectivity index (χ1v) is 11.4. The predicted molar refractivity (Wildman–Crippen MR) is 120 cm³/mol. The van der Waals surface area contributed by atoms with Gasteiger partial charge in [0.05, 0.1) is 26.2 Å². The van der Waals surface area contributed by atoms with Gasteiger partial charge in [-0.15, -0.1) is 0 Å². The van der Waals surface area contributed by atoms with Crippen molar-refractivity contribution >= 4 is 5.78 Å². The van der Waals surface area contributed by atoms with Crippen molar-refractivity contribution in [2.24, 2.45) is 0 Å². The van der Waals surface area contributed by atoms with Crippen molar-refractivity contribution in [3.05, 3.63) is 47.5 Å². The molecule has 0 radical (unpaired) electrons. The van der Waals surface area contributed by atoms with Gasteiger partial charge < -0.3 is 19.3 Å². The normalized spacial score (nSPS) is 12.4. The van der Waals surface area contributed by atoms with Crippen LogP contribution in [0.5, 0.6) is 11.5 Å².